The molecule has 0 radical (unpaired) electrons. The van der Waals surface area contributed by atoms with Crippen molar-refractivity contribution in [2.75, 3.05) is 19.7 Å². The molecular weight excluding hydrogens is 288 g/mol. The Labute approximate surface area is 140 Å². The van der Waals surface area contributed by atoms with Gasteiger partial charge in [0.15, 0.2) is 0 Å². The Morgan fingerprint density at radius 3 is 2.83 bits per heavy atom. The zero-order valence-electron chi connectivity index (χ0n) is 14.5. The molecule has 0 unspecified atom stereocenters. The average Bonchev–Trinajstić information content (AvgIpc) is 2.58. The number of unbranched alkanes of at least 4 members (excludes halogenated alkanes) is 2. The van der Waals surface area contributed by atoms with Crippen molar-refractivity contribution >= 4 is 5.91 Å². The summed E-state index contributed by atoms with van der Waals surface area (Å²) in [4.78, 5) is 12.3. The van der Waals surface area contributed by atoms with Crippen molar-refractivity contribution in [3.8, 4) is 5.75 Å². The summed E-state index contributed by atoms with van der Waals surface area (Å²) in [6, 6.07) is 6.20. The van der Waals surface area contributed by atoms with Gasteiger partial charge in [-0.05, 0) is 50.9 Å². The van der Waals surface area contributed by atoms with Crippen molar-refractivity contribution in [3.05, 3.63) is 29.3 Å². The fraction of sp³-hybridized carbons (Fsp3) is 0.632. The first-order chi connectivity index (χ1) is 11.2. The second-order valence-electron chi connectivity index (χ2n) is 6.41. The molecule has 2 N–H and O–H groups in total. The molecule has 4 nitrogen and oxygen atoms in total. The van der Waals surface area contributed by atoms with E-state index in [9.17, 15) is 4.79 Å². The van der Waals surface area contributed by atoms with E-state index in [4.69, 9.17) is 4.74 Å². The number of aryl methyl sites for hydroxylation is 1. The lowest BCUT2D eigenvalue weighted by atomic mass is 9.97. The van der Waals surface area contributed by atoms with Gasteiger partial charge in [-0.3, -0.25) is 4.79 Å². The molecule has 1 saturated heterocycles. The first kappa shape index (κ1) is 17.8. The van der Waals surface area contributed by atoms with Crippen molar-refractivity contribution in [1.82, 2.24) is 10.6 Å². The number of carbonyl (C=O) groups is 1. The van der Waals surface area contributed by atoms with Gasteiger partial charge in [0.25, 0.3) is 0 Å². The van der Waals surface area contributed by atoms with Crippen LogP contribution in [0.4, 0.5) is 0 Å². The van der Waals surface area contributed by atoms with E-state index < -0.39 is 0 Å². The molecule has 1 aliphatic rings. The number of hydrogen-bond donors (Lipinski definition) is 2. The van der Waals surface area contributed by atoms with Crippen LogP contribution in [-0.4, -0.2) is 25.6 Å². The first-order valence-corrected chi connectivity index (χ1v) is 8.91. The van der Waals surface area contributed by atoms with Gasteiger partial charge in [0.05, 0.1) is 6.61 Å². The fourth-order valence-electron chi connectivity index (χ4n) is 2.89. The quantitative estimate of drug-likeness (QED) is 0.724. The van der Waals surface area contributed by atoms with Crippen LogP contribution in [0.25, 0.3) is 0 Å². The van der Waals surface area contributed by atoms with Gasteiger partial charge in [-0.15, -0.1) is 0 Å². The Balaban J connectivity index is 1.88. The number of hydrogen-bond acceptors (Lipinski definition) is 3. The lowest BCUT2D eigenvalue weighted by Crippen LogP contribution is -2.37. The second-order valence-corrected chi connectivity index (χ2v) is 6.41. The van der Waals surface area contributed by atoms with Crippen LogP contribution < -0.4 is 15.4 Å². The van der Waals surface area contributed by atoms with Crippen LogP contribution >= 0.6 is 0 Å². The van der Waals surface area contributed by atoms with Gasteiger partial charge in [-0.1, -0.05) is 31.9 Å². The predicted molar refractivity (Wildman–Crippen MR) is 93.6 cm³/mol. The number of carbonyl (C=O) groups excluding carboxylic acids is 1. The van der Waals surface area contributed by atoms with E-state index in [1.165, 1.54) is 18.4 Å². The summed E-state index contributed by atoms with van der Waals surface area (Å²) >= 11 is 0. The number of amides is 1. The van der Waals surface area contributed by atoms with E-state index in [-0.39, 0.29) is 11.8 Å². The minimum Gasteiger partial charge on any atom is -0.493 e. The van der Waals surface area contributed by atoms with Crippen LogP contribution in [0, 0.1) is 12.8 Å². The zero-order valence-corrected chi connectivity index (χ0v) is 14.5. The Hall–Kier alpha value is -1.55. The molecule has 1 heterocycles. The highest BCUT2D eigenvalue weighted by Crippen LogP contribution is 2.21. The van der Waals surface area contributed by atoms with Crippen molar-refractivity contribution in [3.63, 3.8) is 0 Å². The van der Waals surface area contributed by atoms with E-state index in [1.54, 1.807) is 0 Å². The van der Waals surface area contributed by atoms with Crippen LogP contribution in [0.2, 0.25) is 0 Å². The molecule has 1 aromatic rings. The van der Waals surface area contributed by atoms with Crippen LogP contribution in [0.3, 0.4) is 0 Å². The standard InChI is InChI=1S/C19H30N2O2/c1-3-4-5-12-23-18-13-15(2)6-7-17(18)14-21-19(22)16-8-10-20-11-9-16/h6-7,13,16,20H,3-5,8-12,14H2,1-2H3,(H,21,22). The van der Waals surface area contributed by atoms with Crippen molar-refractivity contribution in [1.29, 1.82) is 0 Å². The Morgan fingerprint density at radius 2 is 2.09 bits per heavy atom. The molecule has 0 saturated carbocycles. The number of rotatable bonds is 8. The van der Waals surface area contributed by atoms with Crippen molar-refractivity contribution in [2.45, 2.75) is 52.5 Å². The number of ether oxygens (including phenoxy) is 1. The summed E-state index contributed by atoms with van der Waals surface area (Å²) in [6.45, 7) is 7.42. The fourth-order valence-corrected chi connectivity index (χ4v) is 2.89. The predicted octanol–water partition coefficient (Wildman–Crippen LogP) is 3.18. The van der Waals surface area contributed by atoms with Gasteiger partial charge in [-0.2, -0.15) is 0 Å². The van der Waals surface area contributed by atoms with Crippen LogP contribution in [0.5, 0.6) is 5.75 Å². The monoisotopic (exact) mass is 318 g/mol. The van der Waals surface area contributed by atoms with Gasteiger partial charge < -0.3 is 15.4 Å². The SMILES string of the molecule is CCCCCOc1cc(C)ccc1CNC(=O)C1CCNCC1. The molecule has 0 aromatic heterocycles. The molecular formula is C19H30N2O2. The normalized spacial score (nSPS) is 15.4. The topological polar surface area (TPSA) is 50.4 Å². The largest absolute Gasteiger partial charge is 0.493 e. The third-order valence-electron chi connectivity index (χ3n) is 4.39. The molecule has 0 atom stereocenters. The molecule has 23 heavy (non-hydrogen) atoms. The van der Waals surface area contributed by atoms with Gasteiger partial charge in [0.2, 0.25) is 5.91 Å². The van der Waals surface area contributed by atoms with E-state index in [1.807, 2.05) is 0 Å². The second kappa shape index (κ2) is 9.56. The summed E-state index contributed by atoms with van der Waals surface area (Å²) in [5.74, 6) is 1.23. The maximum atomic E-state index is 12.3. The smallest absolute Gasteiger partial charge is 0.223 e. The molecule has 1 fully saturated rings. The van der Waals surface area contributed by atoms with Crippen molar-refractivity contribution in [2.24, 2.45) is 5.92 Å². The number of nitrogens with one attached hydrogen (secondary N) is 2. The molecule has 0 spiro atoms. The van der Waals surface area contributed by atoms with Gasteiger partial charge in [0.1, 0.15) is 5.75 Å². The zero-order chi connectivity index (χ0) is 16.5. The maximum Gasteiger partial charge on any atom is 0.223 e. The first-order valence-electron chi connectivity index (χ1n) is 8.91. The van der Waals surface area contributed by atoms with E-state index in [2.05, 4.69) is 42.7 Å². The molecule has 0 bridgehead atoms. The Morgan fingerprint density at radius 1 is 1.30 bits per heavy atom. The van der Waals surface area contributed by atoms with Crippen LogP contribution in [-0.2, 0) is 11.3 Å². The molecule has 128 valence electrons. The molecule has 0 aliphatic carbocycles. The lowest BCUT2D eigenvalue weighted by molar-refractivity contribution is -0.125. The Kier molecular flexibility index (Phi) is 7.40. The molecule has 2 rings (SSSR count). The highest BCUT2D eigenvalue weighted by Gasteiger charge is 2.20. The number of piperidine rings is 1. The van der Waals surface area contributed by atoms with Crippen molar-refractivity contribution < 1.29 is 9.53 Å². The summed E-state index contributed by atoms with van der Waals surface area (Å²) in [7, 11) is 0. The van der Waals surface area contributed by atoms with E-state index >= 15 is 0 Å². The van der Waals surface area contributed by atoms with Crippen LogP contribution in [0.1, 0.15) is 50.2 Å². The van der Waals surface area contributed by atoms with Gasteiger partial charge >= 0.3 is 0 Å². The maximum absolute atomic E-state index is 12.3. The third kappa shape index (κ3) is 5.87. The summed E-state index contributed by atoms with van der Waals surface area (Å²) < 4.78 is 5.94. The molecule has 1 aromatic carbocycles. The summed E-state index contributed by atoms with van der Waals surface area (Å²) in [5, 5.41) is 6.38. The molecule has 4 heteroatoms. The third-order valence-corrected chi connectivity index (χ3v) is 4.39. The molecule has 1 amide bonds. The average molecular weight is 318 g/mol. The minimum absolute atomic E-state index is 0.149. The van der Waals surface area contributed by atoms with E-state index in [0.717, 1.165) is 50.3 Å². The molecule has 1 aliphatic heterocycles. The minimum atomic E-state index is 0.149. The van der Waals surface area contributed by atoms with Crippen LogP contribution in [0.15, 0.2) is 18.2 Å². The van der Waals surface area contributed by atoms with Gasteiger partial charge in [-0.25, -0.2) is 0 Å². The van der Waals surface area contributed by atoms with Gasteiger partial charge in [0, 0.05) is 18.0 Å². The summed E-state index contributed by atoms with van der Waals surface area (Å²) in [6.07, 6.45) is 5.31. The summed E-state index contributed by atoms with van der Waals surface area (Å²) in [5.41, 5.74) is 2.25. The lowest BCUT2D eigenvalue weighted by Gasteiger charge is -2.22. The highest BCUT2D eigenvalue weighted by molar-refractivity contribution is 5.78. The van der Waals surface area contributed by atoms with E-state index in [0.29, 0.717) is 6.54 Å². The Bertz CT molecular complexity index is 496. The highest BCUT2D eigenvalue weighted by atomic mass is 16.5. The number of benzene rings is 1.